The summed E-state index contributed by atoms with van der Waals surface area (Å²) >= 11 is 6.24. The molecule has 4 rings (SSSR count). The van der Waals surface area contributed by atoms with E-state index in [4.69, 9.17) is 16.3 Å². The van der Waals surface area contributed by atoms with Gasteiger partial charge in [-0.15, -0.1) is 0 Å². The van der Waals surface area contributed by atoms with Crippen LogP contribution in [-0.2, 0) is 14.9 Å². The number of fused-ring (bicyclic) bond motifs is 1. The van der Waals surface area contributed by atoms with Crippen molar-refractivity contribution in [3.05, 3.63) is 34.9 Å². The minimum Gasteiger partial charge on any atom is -0.381 e. The van der Waals surface area contributed by atoms with Crippen LogP contribution in [0.25, 0.3) is 0 Å². The van der Waals surface area contributed by atoms with Crippen LogP contribution in [-0.4, -0.2) is 50.2 Å². The summed E-state index contributed by atoms with van der Waals surface area (Å²) < 4.78 is 5.59. The Kier molecular flexibility index (Phi) is 5.03. The smallest absolute Gasteiger partial charge is 0.233 e. The molecule has 0 aromatic heterocycles. The molecule has 1 N–H and O–H groups in total. The highest BCUT2D eigenvalue weighted by Crippen LogP contribution is 2.39. The van der Waals surface area contributed by atoms with Gasteiger partial charge in [0.05, 0.1) is 5.41 Å². The first kappa shape index (κ1) is 17.3. The average Bonchev–Trinajstić information content (AvgIpc) is 3.00. The van der Waals surface area contributed by atoms with Crippen LogP contribution < -0.4 is 5.32 Å². The Morgan fingerprint density at radius 3 is 2.48 bits per heavy atom. The monoisotopic (exact) mass is 362 g/mol. The third-order valence-corrected chi connectivity index (χ3v) is 6.67. The number of rotatable bonds is 2. The molecule has 136 valence electrons. The lowest BCUT2D eigenvalue weighted by atomic mass is 9.73. The molecule has 1 aromatic carbocycles. The van der Waals surface area contributed by atoms with Crippen LogP contribution in [0.2, 0.25) is 5.02 Å². The molecule has 0 bridgehead atoms. The number of hydrogen-bond acceptors (Lipinski definition) is 3. The number of halogens is 1. The molecule has 1 amide bonds. The fourth-order valence-electron chi connectivity index (χ4n) is 4.86. The summed E-state index contributed by atoms with van der Waals surface area (Å²) in [6.45, 7) is 5.26. The Balaban J connectivity index is 1.60. The molecule has 3 fully saturated rings. The van der Waals surface area contributed by atoms with Crippen molar-refractivity contribution < 1.29 is 9.53 Å². The molecule has 0 aliphatic carbocycles. The quantitative estimate of drug-likeness (QED) is 0.879. The van der Waals surface area contributed by atoms with Crippen molar-refractivity contribution >= 4 is 17.5 Å². The highest BCUT2D eigenvalue weighted by Gasteiger charge is 2.45. The van der Waals surface area contributed by atoms with Gasteiger partial charge >= 0.3 is 0 Å². The number of carbonyl (C=O) groups is 1. The number of amides is 1. The highest BCUT2D eigenvalue weighted by molar-refractivity contribution is 6.30. The molecule has 2 atom stereocenters. The fourth-order valence-corrected chi connectivity index (χ4v) is 5.05. The van der Waals surface area contributed by atoms with Gasteiger partial charge in [0.25, 0.3) is 0 Å². The molecule has 25 heavy (non-hydrogen) atoms. The second-order valence-corrected chi connectivity index (χ2v) is 8.19. The molecule has 3 aliphatic rings. The molecule has 3 aliphatic heterocycles. The van der Waals surface area contributed by atoms with Gasteiger partial charge in [-0.3, -0.25) is 4.79 Å². The molecular formula is C20H27ClN2O2. The maximum absolute atomic E-state index is 13.7. The van der Waals surface area contributed by atoms with Gasteiger partial charge in [0.2, 0.25) is 5.91 Å². The highest BCUT2D eigenvalue weighted by atomic mass is 35.5. The maximum atomic E-state index is 13.7. The van der Waals surface area contributed by atoms with Crippen molar-refractivity contribution in [2.45, 2.75) is 31.1 Å². The number of hydrogen-bond donors (Lipinski definition) is 1. The SMILES string of the molecule is O=C(N1CC[C@@H]2CNC[C@@H]2CC1)C1(c2cccc(Cl)c2)CCOCC1. The summed E-state index contributed by atoms with van der Waals surface area (Å²) in [7, 11) is 0. The summed E-state index contributed by atoms with van der Waals surface area (Å²) in [5.41, 5.74) is 0.584. The second kappa shape index (κ2) is 7.26. The summed E-state index contributed by atoms with van der Waals surface area (Å²) in [6, 6.07) is 7.87. The maximum Gasteiger partial charge on any atom is 0.233 e. The van der Waals surface area contributed by atoms with Gasteiger partial charge in [0.1, 0.15) is 0 Å². The molecule has 0 radical (unpaired) electrons. The topological polar surface area (TPSA) is 41.6 Å². The molecule has 3 heterocycles. The molecule has 0 spiro atoms. The number of nitrogens with zero attached hydrogens (tertiary/aromatic N) is 1. The van der Waals surface area contributed by atoms with Crippen molar-refractivity contribution in [3.63, 3.8) is 0 Å². The van der Waals surface area contributed by atoms with Gasteiger partial charge in [-0.2, -0.15) is 0 Å². The van der Waals surface area contributed by atoms with Crippen LogP contribution in [0.15, 0.2) is 24.3 Å². The first-order valence-corrected chi connectivity index (χ1v) is 9.91. The lowest BCUT2D eigenvalue weighted by Crippen LogP contribution is -2.50. The van der Waals surface area contributed by atoms with Gasteiger partial charge in [-0.25, -0.2) is 0 Å². The van der Waals surface area contributed by atoms with E-state index in [0.29, 0.717) is 18.2 Å². The summed E-state index contributed by atoms with van der Waals surface area (Å²) in [5, 5.41) is 4.21. The zero-order valence-electron chi connectivity index (χ0n) is 14.7. The van der Waals surface area contributed by atoms with Crippen molar-refractivity contribution in [3.8, 4) is 0 Å². The number of nitrogens with one attached hydrogen (secondary N) is 1. The Morgan fingerprint density at radius 2 is 1.84 bits per heavy atom. The molecule has 0 unspecified atom stereocenters. The van der Waals surface area contributed by atoms with Gasteiger partial charge in [-0.05, 0) is 68.3 Å². The molecule has 4 nitrogen and oxygen atoms in total. The predicted octanol–water partition coefficient (Wildman–Crippen LogP) is 2.85. The van der Waals surface area contributed by atoms with Gasteiger partial charge in [0, 0.05) is 31.3 Å². The Morgan fingerprint density at radius 1 is 1.16 bits per heavy atom. The van der Waals surface area contributed by atoms with E-state index in [2.05, 4.69) is 16.3 Å². The third-order valence-electron chi connectivity index (χ3n) is 6.44. The van der Waals surface area contributed by atoms with Crippen LogP contribution in [0.1, 0.15) is 31.2 Å². The standard InChI is InChI=1S/C20H27ClN2O2/c21-18-3-1-2-17(12-18)20(6-10-25-11-7-20)19(24)23-8-4-15-13-22-14-16(15)5-9-23/h1-3,12,15-16,22H,4-11,13-14H2/t15-,16+. The van der Waals surface area contributed by atoms with Gasteiger partial charge < -0.3 is 15.0 Å². The third kappa shape index (κ3) is 3.32. The summed E-state index contributed by atoms with van der Waals surface area (Å²) in [4.78, 5) is 15.8. The van der Waals surface area contributed by atoms with E-state index in [1.54, 1.807) is 0 Å². The van der Waals surface area contributed by atoms with E-state index < -0.39 is 5.41 Å². The molecule has 0 saturated carbocycles. The minimum absolute atomic E-state index is 0.283. The van der Waals surface area contributed by atoms with Crippen molar-refractivity contribution in [1.29, 1.82) is 0 Å². The predicted molar refractivity (Wildman–Crippen MR) is 98.8 cm³/mol. The number of ether oxygens (including phenoxy) is 1. The van der Waals surface area contributed by atoms with E-state index in [1.807, 2.05) is 18.2 Å². The molecular weight excluding hydrogens is 336 g/mol. The van der Waals surface area contributed by atoms with E-state index in [-0.39, 0.29) is 5.91 Å². The average molecular weight is 363 g/mol. The second-order valence-electron chi connectivity index (χ2n) is 7.75. The van der Waals surface area contributed by atoms with Crippen LogP contribution >= 0.6 is 11.6 Å². The van der Waals surface area contributed by atoms with Gasteiger partial charge in [-0.1, -0.05) is 23.7 Å². The first-order chi connectivity index (χ1) is 12.2. The van der Waals surface area contributed by atoms with Crippen LogP contribution in [0.3, 0.4) is 0 Å². The van der Waals surface area contributed by atoms with Crippen LogP contribution in [0.5, 0.6) is 0 Å². The fraction of sp³-hybridized carbons (Fsp3) is 0.650. The van der Waals surface area contributed by atoms with E-state index >= 15 is 0 Å². The van der Waals surface area contributed by atoms with E-state index in [9.17, 15) is 4.79 Å². The lowest BCUT2D eigenvalue weighted by Gasteiger charge is -2.40. The number of carbonyl (C=O) groups excluding carboxylic acids is 1. The van der Waals surface area contributed by atoms with Crippen LogP contribution in [0.4, 0.5) is 0 Å². The van der Waals surface area contributed by atoms with Crippen molar-refractivity contribution in [2.24, 2.45) is 11.8 Å². The van der Waals surface area contributed by atoms with Gasteiger partial charge in [0.15, 0.2) is 0 Å². The zero-order chi connectivity index (χ0) is 17.3. The molecule has 5 heteroatoms. The Hall–Kier alpha value is -1.10. The molecule has 1 aromatic rings. The minimum atomic E-state index is -0.471. The normalized spacial score (nSPS) is 29.1. The number of benzene rings is 1. The summed E-state index contributed by atoms with van der Waals surface area (Å²) in [6.07, 6.45) is 3.73. The Labute approximate surface area is 154 Å². The van der Waals surface area contributed by atoms with Crippen molar-refractivity contribution in [2.75, 3.05) is 39.4 Å². The van der Waals surface area contributed by atoms with E-state index in [1.165, 1.54) is 0 Å². The number of likely N-dealkylation sites (tertiary alicyclic amines) is 1. The van der Waals surface area contributed by atoms with Crippen molar-refractivity contribution in [1.82, 2.24) is 10.2 Å². The summed E-state index contributed by atoms with van der Waals surface area (Å²) in [5.74, 6) is 1.75. The zero-order valence-corrected chi connectivity index (χ0v) is 15.4. The first-order valence-electron chi connectivity index (χ1n) is 9.53. The largest absolute Gasteiger partial charge is 0.381 e. The Bertz CT molecular complexity index is 616. The van der Waals surface area contributed by atoms with E-state index in [0.717, 1.165) is 69.3 Å². The molecule has 3 saturated heterocycles. The van der Waals surface area contributed by atoms with Crippen LogP contribution in [0, 0.1) is 11.8 Å². The lowest BCUT2D eigenvalue weighted by molar-refractivity contribution is -0.141.